The number of nitrogens with zero attached hydrogens (tertiary/aromatic N) is 1. The maximum Gasteiger partial charge on any atom is 0.251 e. The second-order valence-corrected chi connectivity index (χ2v) is 8.21. The summed E-state index contributed by atoms with van der Waals surface area (Å²) in [4.78, 5) is 12.6. The predicted molar refractivity (Wildman–Crippen MR) is 103 cm³/mol. The minimum atomic E-state index is -3.40. The summed E-state index contributed by atoms with van der Waals surface area (Å²) in [5.74, 6) is 0.482. The third-order valence-electron chi connectivity index (χ3n) is 4.27. The van der Waals surface area contributed by atoms with Gasteiger partial charge in [0.15, 0.2) is 0 Å². The molecule has 0 unspecified atom stereocenters. The van der Waals surface area contributed by atoms with E-state index in [0.717, 1.165) is 23.1 Å². The van der Waals surface area contributed by atoms with E-state index in [1.54, 1.807) is 32.2 Å². The number of carbonyl (C=O) groups excluding carboxylic acids is 1. The van der Waals surface area contributed by atoms with E-state index in [1.807, 2.05) is 31.2 Å². The van der Waals surface area contributed by atoms with Crippen LogP contribution in [0, 0.1) is 6.92 Å². The molecule has 2 aromatic rings. The summed E-state index contributed by atoms with van der Waals surface area (Å²) in [5.41, 5.74) is 2.61. The van der Waals surface area contributed by atoms with Gasteiger partial charge in [-0.3, -0.25) is 9.10 Å². The molecule has 7 heteroatoms. The van der Waals surface area contributed by atoms with Gasteiger partial charge < -0.3 is 10.1 Å². The lowest BCUT2D eigenvalue weighted by molar-refractivity contribution is 0.0940. The van der Waals surface area contributed by atoms with E-state index >= 15 is 0 Å². The van der Waals surface area contributed by atoms with Crippen molar-refractivity contribution < 1.29 is 17.9 Å². The number of anilines is 1. The standard InChI is InChI=1S/C19H24N2O4S/c1-13-6-7-16(12-18(13)21(3)26(5,23)24)19(22)20-14(2)15-8-10-17(25-4)11-9-15/h6-12,14H,1-5H3,(H,20,22)/t14-/m0/s1. The number of methoxy groups -OCH3 is 1. The van der Waals surface area contributed by atoms with Gasteiger partial charge in [0.25, 0.3) is 5.91 Å². The fraction of sp³-hybridized carbons (Fsp3) is 0.316. The summed E-state index contributed by atoms with van der Waals surface area (Å²) in [6.07, 6.45) is 1.13. The molecule has 0 aliphatic carbocycles. The van der Waals surface area contributed by atoms with Crippen LogP contribution in [0.3, 0.4) is 0 Å². The molecule has 0 radical (unpaired) electrons. The van der Waals surface area contributed by atoms with Crippen LogP contribution in [-0.4, -0.2) is 34.7 Å². The Hall–Kier alpha value is -2.54. The average Bonchev–Trinajstić information content (AvgIpc) is 2.60. The van der Waals surface area contributed by atoms with Gasteiger partial charge in [-0.15, -0.1) is 0 Å². The number of benzene rings is 2. The number of nitrogens with one attached hydrogen (secondary N) is 1. The Bertz CT molecular complexity index is 892. The topological polar surface area (TPSA) is 75.7 Å². The van der Waals surface area contributed by atoms with Crippen LogP contribution in [-0.2, 0) is 10.0 Å². The number of sulfonamides is 1. The van der Waals surface area contributed by atoms with Crippen molar-refractivity contribution in [2.75, 3.05) is 24.7 Å². The van der Waals surface area contributed by atoms with Crippen LogP contribution in [0.25, 0.3) is 0 Å². The first kappa shape index (κ1) is 19.8. The smallest absolute Gasteiger partial charge is 0.251 e. The van der Waals surface area contributed by atoms with Gasteiger partial charge in [0.05, 0.1) is 25.1 Å². The molecule has 0 aliphatic rings. The highest BCUT2D eigenvalue weighted by atomic mass is 32.2. The molecule has 1 atom stereocenters. The first-order valence-electron chi connectivity index (χ1n) is 8.13. The Labute approximate surface area is 154 Å². The maximum atomic E-state index is 12.6. The van der Waals surface area contributed by atoms with Gasteiger partial charge in [0, 0.05) is 12.6 Å². The lowest BCUT2D eigenvalue weighted by atomic mass is 10.1. The molecule has 26 heavy (non-hydrogen) atoms. The molecule has 0 spiro atoms. The first-order valence-corrected chi connectivity index (χ1v) is 9.97. The van der Waals surface area contributed by atoms with Crippen molar-refractivity contribution in [1.29, 1.82) is 0 Å². The number of ether oxygens (including phenoxy) is 1. The number of hydrogen-bond donors (Lipinski definition) is 1. The highest BCUT2D eigenvalue weighted by Crippen LogP contribution is 2.23. The number of hydrogen-bond acceptors (Lipinski definition) is 4. The van der Waals surface area contributed by atoms with Crippen LogP contribution >= 0.6 is 0 Å². The van der Waals surface area contributed by atoms with Crippen molar-refractivity contribution in [1.82, 2.24) is 5.32 Å². The Balaban J connectivity index is 2.21. The summed E-state index contributed by atoms with van der Waals surface area (Å²) >= 11 is 0. The average molecular weight is 376 g/mol. The summed E-state index contributed by atoms with van der Waals surface area (Å²) in [6, 6.07) is 12.3. The summed E-state index contributed by atoms with van der Waals surface area (Å²) in [7, 11) is -0.332. The number of amides is 1. The van der Waals surface area contributed by atoms with Crippen molar-refractivity contribution in [2.45, 2.75) is 19.9 Å². The van der Waals surface area contributed by atoms with Crippen molar-refractivity contribution in [3.8, 4) is 5.75 Å². The second-order valence-electron chi connectivity index (χ2n) is 6.20. The quantitative estimate of drug-likeness (QED) is 0.841. The van der Waals surface area contributed by atoms with Crippen LogP contribution < -0.4 is 14.4 Å². The molecule has 0 bridgehead atoms. The first-order chi connectivity index (χ1) is 12.1. The SMILES string of the molecule is COc1ccc([C@H](C)NC(=O)c2ccc(C)c(N(C)S(C)(=O)=O)c2)cc1. The summed E-state index contributed by atoms with van der Waals surface area (Å²) in [6.45, 7) is 3.69. The molecule has 2 aromatic carbocycles. The van der Waals surface area contributed by atoms with Gasteiger partial charge in [0.1, 0.15) is 5.75 Å². The summed E-state index contributed by atoms with van der Waals surface area (Å²) in [5, 5.41) is 2.93. The molecule has 0 heterocycles. The van der Waals surface area contributed by atoms with Crippen molar-refractivity contribution in [2.24, 2.45) is 0 Å². The molecule has 2 rings (SSSR count). The molecular formula is C19H24N2O4S. The van der Waals surface area contributed by atoms with Gasteiger partial charge in [0.2, 0.25) is 10.0 Å². The molecule has 0 aromatic heterocycles. The Morgan fingerprint density at radius 2 is 1.77 bits per heavy atom. The highest BCUT2D eigenvalue weighted by molar-refractivity contribution is 7.92. The van der Waals surface area contributed by atoms with E-state index in [0.29, 0.717) is 11.3 Å². The van der Waals surface area contributed by atoms with Gasteiger partial charge >= 0.3 is 0 Å². The van der Waals surface area contributed by atoms with Crippen LogP contribution in [0.1, 0.15) is 34.5 Å². The second kappa shape index (κ2) is 7.78. The van der Waals surface area contributed by atoms with E-state index < -0.39 is 10.0 Å². The fourth-order valence-electron chi connectivity index (χ4n) is 2.52. The zero-order chi connectivity index (χ0) is 19.5. The monoisotopic (exact) mass is 376 g/mol. The van der Waals surface area contributed by atoms with Gasteiger partial charge in [-0.05, 0) is 49.2 Å². The molecule has 1 amide bonds. The van der Waals surface area contributed by atoms with Crippen LogP contribution in [0.15, 0.2) is 42.5 Å². The minimum Gasteiger partial charge on any atom is -0.497 e. The van der Waals surface area contributed by atoms with Crippen molar-refractivity contribution in [3.63, 3.8) is 0 Å². The maximum absolute atomic E-state index is 12.6. The van der Waals surface area contributed by atoms with E-state index in [4.69, 9.17) is 4.74 Å². The molecule has 0 saturated carbocycles. The van der Waals surface area contributed by atoms with Crippen molar-refractivity contribution >= 4 is 21.6 Å². The zero-order valence-electron chi connectivity index (χ0n) is 15.6. The van der Waals surface area contributed by atoms with E-state index in [1.165, 1.54) is 11.4 Å². The molecule has 1 N–H and O–H groups in total. The van der Waals surface area contributed by atoms with E-state index in [2.05, 4.69) is 5.32 Å². The molecular weight excluding hydrogens is 352 g/mol. The third-order valence-corrected chi connectivity index (χ3v) is 5.46. The van der Waals surface area contributed by atoms with Gasteiger partial charge in [-0.25, -0.2) is 8.42 Å². The lowest BCUT2D eigenvalue weighted by Crippen LogP contribution is -2.28. The summed E-state index contributed by atoms with van der Waals surface area (Å²) < 4.78 is 29.9. The highest BCUT2D eigenvalue weighted by Gasteiger charge is 2.18. The minimum absolute atomic E-state index is 0.203. The van der Waals surface area contributed by atoms with Crippen LogP contribution in [0.4, 0.5) is 5.69 Å². The molecule has 0 saturated heterocycles. The van der Waals surface area contributed by atoms with Crippen LogP contribution in [0.2, 0.25) is 0 Å². The Morgan fingerprint density at radius 3 is 2.31 bits per heavy atom. The molecule has 6 nitrogen and oxygen atoms in total. The Morgan fingerprint density at radius 1 is 1.15 bits per heavy atom. The largest absolute Gasteiger partial charge is 0.497 e. The zero-order valence-corrected chi connectivity index (χ0v) is 16.4. The predicted octanol–water partition coefficient (Wildman–Crippen LogP) is 2.89. The lowest BCUT2D eigenvalue weighted by Gasteiger charge is -2.20. The number of aryl methyl sites for hydroxylation is 1. The fourth-order valence-corrected chi connectivity index (χ4v) is 3.08. The normalized spacial score (nSPS) is 12.3. The van der Waals surface area contributed by atoms with E-state index in [-0.39, 0.29) is 11.9 Å². The molecule has 140 valence electrons. The van der Waals surface area contributed by atoms with Gasteiger partial charge in [-0.1, -0.05) is 18.2 Å². The van der Waals surface area contributed by atoms with E-state index in [9.17, 15) is 13.2 Å². The molecule has 0 fully saturated rings. The van der Waals surface area contributed by atoms with Crippen molar-refractivity contribution in [3.05, 3.63) is 59.2 Å². The number of carbonyl (C=O) groups is 1. The third kappa shape index (κ3) is 4.54. The van der Waals surface area contributed by atoms with Gasteiger partial charge in [-0.2, -0.15) is 0 Å². The Kier molecular flexibility index (Phi) is 5.92. The number of rotatable bonds is 6. The van der Waals surface area contributed by atoms with Crippen LogP contribution in [0.5, 0.6) is 5.75 Å². The molecule has 0 aliphatic heterocycles.